The summed E-state index contributed by atoms with van der Waals surface area (Å²) in [4.78, 5) is 7.40. The molecule has 3 aromatic rings. The van der Waals surface area contributed by atoms with Gasteiger partial charge in [-0.3, -0.25) is 0 Å². The molecule has 0 N–H and O–H groups in total. The van der Waals surface area contributed by atoms with E-state index in [4.69, 9.17) is 35.6 Å². The number of benzene rings is 2. The quantitative estimate of drug-likeness (QED) is 0.142. The monoisotopic (exact) mass is 837 g/mol. The predicted molar refractivity (Wildman–Crippen MR) is 222 cm³/mol. The van der Waals surface area contributed by atoms with Gasteiger partial charge in [0.05, 0.1) is 0 Å². The van der Waals surface area contributed by atoms with Gasteiger partial charge in [0.2, 0.25) is 0 Å². The van der Waals surface area contributed by atoms with Crippen LogP contribution in [0.1, 0.15) is 170 Å². The zero-order valence-electron chi connectivity index (χ0n) is 31.9. The second kappa shape index (κ2) is 17.9. The van der Waals surface area contributed by atoms with Crippen molar-refractivity contribution in [3.05, 3.63) is 123 Å². The standard InChI is InChI=1S/C40H55N.C5H3ClN.2ClH.Pd/c1-9-28(10-2)32-21-19-22-33(29(11-3)12-4)39(32)36-27-38(41-26-18-17-25-37(36)41)40-34(30(13-5)14-6)23-20-24-35(40)31(15-7)16-8;6-5-2-1-3-7-4-5;;;/h17-26,28-31,38H,9-16H2,1-8H3;1-3H;2*1H;/q;;;;-1/p-2. The number of fused-ring (bicyclic) bond motifs is 1. The van der Waals surface area contributed by atoms with E-state index in [1.807, 2.05) is 12.1 Å². The van der Waals surface area contributed by atoms with Crippen molar-refractivity contribution in [2.24, 2.45) is 0 Å². The fourth-order valence-electron chi connectivity index (χ4n) is 8.65. The average Bonchev–Trinajstić information content (AvgIpc) is 3.49. The van der Waals surface area contributed by atoms with Crippen LogP contribution in [0.3, 0.4) is 0 Å². The van der Waals surface area contributed by atoms with Gasteiger partial charge in [0.15, 0.2) is 0 Å². The number of hydrogen-bond acceptors (Lipinski definition) is 2. The number of hydrogen-bond donors (Lipinski definition) is 0. The van der Waals surface area contributed by atoms with Crippen molar-refractivity contribution in [3.63, 3.8) is 0 Å². The Morgan fingerprint density at radius 1 is 0.647 bits per heavy atom. The van der Waals surface area contributed by atoms with Gasteiger partial charge in [-0.1, -0.05) is 0 Å². The Morgan fingerprint density at radius 2 is 1.12 bits per heavy atom. The van der Waals surface area contributed by atoms with E-state index in [1.165, 1.54) is 44.7 Å². The normalized spacial score (nSPS) is 16.5. The van der Waals surface area contributed by atoms with Gasteiger partial charge in [-0.25, -0.2) is 0 Å². The number of nitrogens with zero attached hydrogens (tertiary/aromatic N) is 2. The van der Waals surface area contributed by atoms with Gasteiger partial charge >= 0.3 is 327 Å². The molecule has 1 atom stereocenters. The predicted octanol–water partition coefficient (Wildman–Crippen LogP) is 14.2. The second-order valence-electron chi connectivity index (χ2n) is 13.9. The first kappa shape index (κ1) is 40.2. The molecule has 2 aliphatic heterocycles. The molecule has 1 unspecified atom stereocenters. The summed E-state index contributed by atoms with van der Waals surface area (Å²) in [5.41, 5.74) is 10.7. The zero-order valence-corrected chi connectivity index (χ0v) is 35.7. The number of halogens is 3. The van der Waals surface area contributed by atoms with Crippen molar-refractivity contribution >= 4 is 44.4 Å². The summed E-state index contributed by atoms with van der Waals surface area (Å²) in [7, 11) is 16.3. The van der Waals surface area contributed by atoms with E-state index in [2.05, 4.69) is 121 Å². The SMILES string of the molecule is CCC(CC)c1cccc(C(CC)CC)c1C1=C2C=CC=CN2C(c2c(C(CC)CC)cccc2C(CC)CC)[C]1=[Pd-3]([Cl])([Cl])[c]1ncccc1Cl. The molecule has 0 amide bonds. The van der Waals surface area contributed by atoms with E-state index in [1.54, 1.807) is 6.20 Å². The summed E-state index contributed by atoms with van der Waals surface area (Å²) in [6.07, 6.45) is 19.2. The molecule has 6 heteroatoms. The summed E-state index contributed by atoms with van der Waals surface area (Å²) in [6, 6.07) is 17.7. The van der Waals surface area contributed by atoms with Crippen LogP contribution in [0.25, 0.3) is 5.57 Å². The molecule has 2 aliphatic rings. The van der Waals surface area contributed by atoms with Crippen LogP contribution in [-0.4, -0.2) is 13.9 Å². The first-order valence-electron chi connectivity index (χ1n) is 19.4. The Hall–Kier alpha value is -1.99. The molecule has 0 aliphatic carbocycles. The number of pyridine rings is 1. The van der Waals surface area contributed by atoms with E-state index in [0.717, 1.165) is 55.3 Å². The molecule has 2 aromatic carbocycles. The van der Waals surface area contributed by atoms with Crippen LogP contribution in [0.5, 0.6) is 0 Å². The van der Waals surface area contributed by atoms with Crippen LogP contribution < -0.4 is 4.17 Å². The minimum absolute atomic E-state index is 0.196. The van der Waals surface area contributed by atoms with Gasteiger partial charge in [0, 0.05) is 0 Å². The molecular formula is C45H58Cl3N2Pd-3. The molecule has 0 saturated carbocycles. The number of allylic oxidation sites excluding steroid dienone is 3. The molecule has 51 heavy (non-hydrogen) atoms. The van der Waals surface area contributed by atoms with E-state index < -0.39 is 13.0 Å². The van der Waals surface area contributed by atoms with E-state index in [9.17, 15) is 0 Å². The molecule has 1 aromatic heterocycles. The van der Waals surface area contributed by atoms with Gasteiger partial charge in [0.1, 0.15) is 0 Å². The van der Waals surface area contributed by atoms with Crippen molar-refractivity contribution < 1.29 is 13.0 Å². The average molecular weight is 840 g/mol. The van der Waals surface area contributed by atoms with Crippen LogP contribution >= 0.6 is 30.7 Å². The number of rotatable bonds is 15. The van der Waals surface area contributed by atoms with Crippen LogP contribution in [0.4, 0.5) is 0 Å². The van der Waals surface area contributed by atoms with Crippen molar-refractivity contribution in [1.82, 2.24) is 9.88 Å². The summed E-state index contributed by atoms with van der Waals surface area (Å²) in [6.45, 7) is 18.6. The summed E-state index contributed by atoms with van der Waals surface area (Å²) in [5.74, 6) is 1.62. The molecule has 2 nitrogen and oxygen atoms in total. The summed E-state index contributed by atoms with van der Waals surface area (Å²) >= 11 is 3.27. The third-order valence-corrected chi connectivity index (χ3v) is 18.3. The van der Waals surface area contributed by atoms with Crippen molar-refractivity contribution in [2.45, 2.75) is 136 Å². The molecule has 282 valence electrons. The van der Waals surface area contributed by atoms with Gasteiger partial charge in [0.25, 0.3) is 0 Å². The molecule has 0 spiro atoms. The molecule has 3 heterocycles. The van der Waals surface area contributed by atoms with Crippen molar-refractivity contribution in [1.29, 1.82) is 0 Å². The second-order valence-corrected chi connectivity index (χ2v) is 22.6. The van der Waals surface area contributed by atoms with Crippen LogP contribution in [0.2, 0.25) is 5.02 Å². The van der Waals surface area contributed by atoms with Crippen LogP contribution in [0.15, 0.2) is 84.9 Å². The van der Waals surface area contributed by atoms with E-state index in [0.29, 0.717) is 32.9 Å². The third kappa shape index (κ3) is 7.55. The first-order valence-corrected chi connectivity index (χ1v) is 25.3. The number of aromatic nitrogens is 1. The van der Waals surface area contributed by atoms with Gasteiger partial charge < -0.3 is 0 Å². The van der Waals surface area contributed by atoms with Crippen LogP contribution in [-0.2, 0) is 13.0 Å². The Labute approximate surface area is 324 Å². The first-order chi connectivity index (χ1) is 24.7. The van der Waals surface area contributed by atoms with E-state index >= 15 is 0 Å². The minimum atomic E-state index is -3.80. The Kier molecular flexibility index (Phi) is 14.1. The Balaban J connectivity index is 2.06. The van der Waals surface area contributed by atoms with Gasteiger partial charge in [-0.15, -0.1) is 0 Å². The Bertz CT molecular complexity index is 1760. The van der Waals surface area contributed by atoms with E-state index in [-0.39, 0.29) is 6.04 Å². The van der Waals surface area contributed by atoms with Crippen LogP contribution in [0, 0.1) is 0 Å². The van der Waals surface area contributed by atoms with Crippen molar-refractivity contribution in [3.8, 4) is 0 Å². The topological polar surface area (TPSA) is 16.1 Å². The fraction of sp³-hybridized carbons (Fsp3) is 0.467. The Morgan fingerprint density at radius 3 is 1.59 bits per heavy atom. The molecule has 0 radical (unpaired) electrons. The molecule has 0 saturated heterocycles. The summed E-state index contributed by atoms with van der Waals surface area (Å²) < 4.78 is 1.73. The third-order valence-electron chi connectivity index (χ3n) is 11.5. The van der Waals surface area contributed by atoms with Gasteiger partial charge in [-0.2, -0.15) is 0 Å². The zero-order chi connectivity index (χ0) is 36.9. The molecule has 0 bridgehead atoms. The molecular weight excluding hydrogens is 781 g/mol. The molecule has 5 rings (SSSR count). The molecule has 0 fully saturated rings. The van der Waals surface area contributed by atoms with Crippen molar-refractivity contribution in [2.75, 3.05) is 0 Å². The van der Waals surface area contributed by atoms with Gasteiger partial charge in [-0.05, 0) is 0 Å². The summed E-state index contributed by atoms with van der Waals surface area (Å²) in [5, 5.41) is 0.535. The maximum atomic E-state index is 8.15. The maximum absolute atomic E-state index is 8.15. The fourth-order valence-corrected chi connectivity index (χ4v) is 15.5.